The molecular weight excluding hydrogens is 236 g/mol. The van der Waals surface area contributed by atoms with Gasteiger partial charge in [0.05, 0.1) is 7.11 Å². The number of nitrogens with one attached hydrogen (secondary N) is 2. The Morgan fingerprint density at radius 3 is 2.53 bits per heavy atom. The molecule has 1 aliphatic carbocycles. The number of hydrogen-bond acceptors (Lipinski definition) is 3. The molecule has 0 spiro atoms. The summed E-state index contributed by atoms with van der Waals surface area (Å²) in [5.74, 6) is 1.000. The second kappa shape index (κ2) is 5.93. The predicted molar refractivity (Wildman–Crippen MR) is 79.8 cm³/mol. The minimum Gasteiger partial charge on any atom is -0.496 e. The van der Waals surface area contributed by atoms with Crippen LogP contribution in [0.1, 0.15) is 36.9 Å². The molecule has 0 aliphatic heterocycles. The van der Waals surface area contributed by atoms with Crippen molar-refractivity contribution in [2.45, 2.75) is 32.2 Å². The summed E-state index contributed by atoms with van der Waals surface area (Å²) in [5.41, 5.74) is 3.07. The summed E-state index contributed by atoms with van der Waals surface area (Å²) in [6.45, 7) is 3.25. The van der Waals surface area contributed by atoms with Crippen LogP contribution in [0.3, 0.4) is 0 Å². The maximum absolute atomic E-state index is 5.42. The molecule has 2 N–H and O–H groups in total. The summed E-state index contributed by atoms with van der Waals surface area (Å²) in [5, 5.41) is 6.86. The molecule has 1 fully saturated rings. The fourth-order valence-electron chi connectivity index (χ4n) is 3.16. The van der Waals surface area contributed by atoms with Gasteiger partial charge >= 0.3 is 0 Å². The smallest absolute Gasteiger partial charge is 0.122 e. The van der Waals surface area contributed by atoms with E-state index in [-0.39, 0.29) is 0 Å². The molecule has 0 aromatic heterocycles. The van der Waals surface area contributed by atoms with Crippen LogP contribution < -0.4 is 15.4 Å². The first-order valence-corrected chi connectivity index (χ1v) is 7.19. The normalized spacial score (nSPS) is 18.1. The number of aryl methyl sites for hydroxylation is 1. The van der Waals surface area contributed by atoms with E-state index in [1.54, 1.807) is 7.11 Å². The lowest BCUT2D eigenvalue weighted by Crippen LogP contribution is -2.33. The highest BCUT2D eigenvalue weighted by molar-refractivity contribution is 5.39. The molecule has 106 valence electrons. The molecule has 0 heterocycles. The molecule has 1 unspecified atom stereocenters. The van der Waals surface area contributed by atoms with Crippen LogP contribution in [-0.2, 0) is 6.42 Å². The van der Waals surface area contributed by atoms with Crippen LogP contribution in [-0.4, -0.2) is 27.7 Å². The van der Waals surface area contributed by atoms with E-state index in [2.05, 4.69) is 42.8 Å². The van der Waals surface area contributed by atoms with E-state index >= 15 is 0 Å². The van der Waals surface area contributed by atoms with Gasteiger partial charge in [0, 0.05) is 18.0 Å². The van der Waals surface area contributed by atoms with E-state index in [1.165, 1.54) is 24.0 Å². The molecule has 1 aromatic rings. The summed E-state index contributed by atoms with van der Waals surface area (Å²) in [4.78, 5) is 0. The summed E-state index contributed by atoms with van der Waals surface area (Å²) in [6, 6.07) is 7.04. The van der Waals surface area contributed by atoms with Crippen molar-refractivity contribution in [3.05, 3.63) is 29.3 Å². The van der Waals surface area contributed by atoms with Gasteiger partial charge in [0.2, 0.25) is 0 Å². The Labute approximate surface area is 116 Å². The third-order valence-corrected chi connectivity index (χ3v) is 4.34. The van der Waals surface area contributed by atoms with Gasteiger partial charge in [-0.2, -0.15) is 0 Å². The van der Waals surface area contributed by atoms with Crippen LogP contribution in [0, 0.1) is 5.41 Å². The van der Waals surface area contributed by atoms with Gasteiger partial charge < -0.3 is 15.4 Å². The second-order valence-electron chi connectivity index (χ2n) is 5.54. The van der Waals surface area contributed by atoms with Crippen molar-refractivity contribution in [3.63, 3.8) is 0 Å². The Hall–Kier alpha value is -1.06. The summed E-state index contributed by atoms with van der Waals surface area (Å²) >= 11 is 0. The Balaban J connectivity index is 2.29. The monoisotopic (exact) mass is 262 g/mol. The molecule has 1 aliphatic rings. The third kappa shape index (κ3) is 2.77. The Morgan fingerprint density at radius 1 is 1.32 bits per heavy atom. The number of ether oxygens (including phenoxy) is 1. The third-order valence-electron chi connectivity index (χ3n) is 4.34. The van der Waals surface area contributed by atoms with E-state index in [1.807, 2.05) is 7.05 Å². The van der Waals surface area contributed by atoms with E-state index in [9.17, 15) is 0 Å². The molecule has 19 heavy (non-hydrogen) atoms. The highest BCUT2D eigenvalue weighted by atomic mass is 16.5. The summed E-state index contributed by atoms with van der Waals surface area (Å²) in [6.07, 6.45) is 3.60. The van der Waals surface area contributed by atoms with Crippen molar-refractivity contribution >= 4 is 0 Å². The minimum atomic E-state index is 0.392. The highest BCUT2D eigenvalue weighted by Gasteiger charge is 2.48. The topological polar surface area (TPSA) is 33.3 Å². The molecule has 3 nitrogen and oxygen atoms in total. The van der Waals surface area contributed by atoms with Crippen LogP contribution >= 0.6 is 0 Å². The van der Waals surface area contributed by atoms with Crippen LogP contribution in [0.2, 0.25) is 0 Å². The fourth-order valence-corrected chi connectivity index (χ4v) is 3.16. The molecule has 1 aromatic carbocycles. The first-order chi connectivity index (χ1) is 9.20. The first-order valence-electron chi connectivity index (χ1n) is 7.19. The Kier molecular flexibility index (Phi) is 4.48. The summed E-state index contributed by atoms with van der Waals surface area (Å²) in [7, 11) is 5.85. The maximum Gasteiger partial charge on any atom is 0.122 e. The van der Waals surface area contributed by atoms with Gasteiger partial charge in [-0.25, -0.2) is 0 Å². The SMILES string of the molecule is CCc1cc(C(NC)C2(CNC)CC2)ccc1OC. The average molecular weight is 262 g/mol. The van der Waals surface area contributed by atoms with Crippen LogP contribution in [0.15, 0.2) is 18.2 Å². The number of hydrogen-bond donors (Lipinski definition) is 2. The van der Waals surface area contributed by atoms with Crippen LogP contribution in [0.5, 0.6) is 5.75 Å². The van der Waals surface area contributed by atoms with Crippen LogP contribution in [0.4, 0.5) is 0 Å². The van der Waals surface area contributed by atoms with Crippen LogP contribution in [0.25, 0.3) is 0 Å². The minimum absolute atomic E-state index is 0.392. The van der Waals surface area contributed by atoms with E-state index in [0.717, 1.165) is 18.7 Å². The molecule has 0 bridgehead atoms. The van der Waals surface area contributed by atoms with E-state index in [0.29, 0.717) is 11.5 Å². The highest BCUT2D eigenvalue weighted by Crippen LogP contribution is 2.54. The van der Waals surface area contributed by atoms with E-state index in [4.69, 9.17) is 4.74 Å². The molecule has 0 amide bonds. The van der Waals surface area contributed by atoms with Crippen molar-refractivity contribution < 1.29 is 4.74 Å². The lowest BCUT2D eigenvalue weighted by molar-refractivity contribution is 0.346. The Bertz CT molecular complexity index is 427. The molecule has 1 atom stereocenters. The van der Waals surface area contributed by atoms with Crippen molar-refractivity contribution in [1.82, 2.24) is 10.6 Å². The van der Waals surface area contributed by atoms with Gasteiger partial charge in [0.1, 0.15) is 5.75 Å². The van der Waals surface area contributed by atoms with Crippen molar-refractivity contribution in [2.24, 2.45) is 5.41 Å². The molecular formula is C16H26N2O. The van der Waals surface area contributed by atoms with Crippen molar-refractivity contribution in [2.75, 3.05) is 27.7 Å². The van der Waals surface area contributed by atoms with E-state index < -0.39 is 0 Å². The zero-order chi connectivity index (χ0) is 13.9. The van der Waals surface area contributed by atoms with Gasteiger partial charge in [0.15, 0.2) is 0 Å². The number of rotatable bonds is 7. The first kappa shape index (κ1) is 14.4. The predicted octanol–water partition coefficient (Wildman–Crippen LogP) is 2.52. The van der Waals surface area contributed by atoms with Gasteiger partial charge in [-0.3, -0.25) is 0 Å². The lowest BCUT2D eigenvalue weighted by atomic mass is 9.88. The quantitative estimate of drug-likeness (QED) is 0.792. The fraction of sp³-hybridized carbons (Fsp3) is 0.625. The average Bonchev–Trinajstić information content (AvgIpc) is 3.20. The van der Waals surface area contributed by atoms with Gasteiger partial charge in [-0.05, 0) is 50.6 Å². The Morgan fingerprint density at radius 2 is 2.05 bits per heavy atom. The van der Waals surface area contributed by atoms with Gasteiger partial charge in [-0.15, -0.1) is 0 Å². The van der Waals surface area contributed by atoms with Gasteiger partial charge in [0.25, 0.3) is 0 Å². The maximum atomic E-state index is 5.42. The number of methoxy groups -OCH3 is 1. The standard InChI is InChI=1S/C16H26N2O/c1-5-12-10-13(6-7-14(12)19-4)15(18-3)16(8-9-16)11-17-2/h6-7,10,15,17-18H,5,8-9,11H2,1-4H3. The molecule has 0 radical (unpaired) electrons. The number of benzene rings is 1. The lowest BCUT2D eigenvalue weighted by Gasteiger charge is -2.27. The molecule has 3 heteroatoms. The zero-order valence-electron chi connectivity index (χ0n) is 12.5. The molecule has 0 saturated heterocycles. The molecule has 2 rings (SSSR count). The zero-order valence-corrected chi connectivity index (χ0v) is 12.5. The molecule has 1 saturated carbocycles. The van der Waals surface area contributed by atoms with Crippen molar-refractivity contribution in [1.29, 1.82) is 0 Å². The van der Waals surface area contributed by atoms with Crippen molar-refractivity contribution in [3.8, 4) is 5.75 Å². The summed E-state index contributed by atoms with van der Waals surface area (Å²) < 4.78 is 5.42. The van der Waals surface area contributed by atoms with Gasteiger partial charge in [-0.1, -0.05) is 19.1 Å². The largest absolute Gasteiger partial charge is 0.496 e. The second-order valence-corrected chi connectivity index (χ2v) is 5.54.